The standard InChI is InChI=1S/C15H15N5O3S/c1-8-13(10(3)21)9(2)16-14(8)11(22)7-19-15(23)20(18-17-19)12-5-4-6-24-12/h4-6,16H,7H2,1-3H3. The van der Waals surface area contributed by atoms with Crippen molar-refractivity contribution in [1.29, 1.82) is 0 Å². The largest absolute Gasteiger partial charge is 0.369 e. The predicted molar refractivity (Wildman–Crippen MR) is 88.1 cm³/mol. The summed E-state index contributed by atoms with van der Waals surface area (Å²) in [5, 5.41) is 9.99. The molecule has 0 radical (unpaired) electrons. The molecule has 0 aromatic carbocycles. The number of carbonyl (C=O) groups is 2. The molecule has 3 aromatic rings. The predicted octanol–water partition coefficient (Wildman–Crippen LogP) is 1.52. The fourth-order valence-corrected chi connectivity index (χ4v) is 3.34. The van der Waals surface area contributed by atoms with Crippen LogP contribution in [0.1, 0.15) is 39.0 Å². The molecule has 0 amide bonds. The van der Waals surface area contributed by atoms with Crippen LogP contribution in [0.4, 0.5) is 0 Å². The number of aromatic nitrogens is 5. The van der Waals surface area contributed by atoms with Crippen LogP contribution in [0.25, 0.3) is 5.00 Å². The molecule has 124 valence electrons. The Balaban J connectivity index is 1.90. The van der Waals surface area contributed by atoms with Gasteiger partial charge in [0, 0.05) is 11.3 Å². The van der Waals surface area contributed by atoms with Crippen molar-refractivity contribution in [3.05, 3.63) is 50.5 Å². The SMILES string of the molecule is CC(=O)c1c(C)[nH]c(C(=O)Cn2nnn(-c3cccs3)c2=O)c1C. The molecule has 9 heteroatoms. The second-order valence-corrected chi connectivity index (χ2v) is 6.31. The quantitative estimate of drug-likeness (QED) is 0.706. The van der Waals surface area contributed by atoms with Crippen molar-refractivity contribution in [2.45, 2.75) is 27.3 Å². The first-order valence-electron chi connectivity index (χ1n) is 7.20. The van der Waals surface area contributed by atoms with Crippen molar-refractivity contribution in [3.8, 4) is 5.00 Å². The summed E-state index contributed by atoms with van der Waals surface area (Å²) < 4.78 is 2.15. The fraction of sp³-hybridized carbons (Fsp3) is 0.267. The van der Waals surface area contributed by atoms with Gasteiger partial charge in [0.05, 0.1) is 5.69 Å². The molecule has 3 rings (SSSR count). The number of nitrogens with one attached hydrogen (secondary N) is 1. The van der Waals surface area contributed by atoms with Crippen molar-refractivity contribution in [1.82, 2.24) is 24.8 Å². The van der Waals surface area contributed by atoms with E-state index in [9.17, 15) is 14.4 Å². The number of tetrazole rings is 1. The van der Waals surface area contributed by atoms with E-state index in [0.29, 0.717) is 27.5 Å². The molecule has 0 aliphatic carbocycles. The van der Waals surface area contributed by atoms with Crippen molar-refractivity contribution in [2.75, 3.05) is 0 Å². The summed E-state index contributed by atoms with van der Waals surface area (Å²) in [5.74, 6) is -0.440. The normalized spacial score (nSPS) is 11.0. The highest BCUT2D eigenvalue weighted by atomic mass is 32.1. The maximum absolute atomic E-state index is 12.5. The van der Waals surface area contributed by atoms with Gasteiger partial charge in [-0.05, 0) is 54.3 Å². The number of hydrogen-bond acceptors (Lipinski definition) is 6. The molecule has 0 atom stereocenters. The first kappa shape index (κ1) is 16.1. The van der Waals surface area contributed by atoms with Crippen LogP contribution >= 0.6 is 11.3 Å². The number of H-pyrrole nitrogens is 1. The van der Waals surface area contributed by atoms with Crippen molar-refractivity contribution < 1.29 is 9.59 Å². The molecular weight excluding hydrogens is 330 g/mol. The molecule has 0 saturated carbocycles. The number of nitrogens with zero attached hydrogens (tertiary/aromatic N) is 4. The Morgan fingerprint density at radius 1 is 1.29 bits per heavy atom. The summed E-state index contributed by atoms with van der Waals surface area (Å²) in [5.41, 5.74) is 1.56. The van der Waals surface area contributed by atoms with E-state index in [4.69, 9.17) is 0 Å². The Kier molecular flexibility index (Phi) is 4.02. The lowest BCUT2D eigenvalue weighted by molar-refractivity contribution is 0.0960. The second-order valence-electron chi connectivity index (χ2n) is 5.39. The maximum Gasteiger partial charge on any atom is 0.369 e. The number of carbonyl (C=O) groups excluding carboxylic acids is 2. The van der Waals surface area contributed by atoms with E-state index < -0.39 is 5.69 Å². The summed E-state index contributed by atoms with van der Waals surface area (Å²) in [7, 11) is 0. The third-order valence-corrected chi connectivity index (χ3v) is 4.56. The zero-order valence-electron chi connectivity index (χ0n) is 13.4. The van der Waals surface area contributed by atoms with Gasteiger partial charge in [-0.3, -0.25) is 9.59 Å². The molecule has 0 bridgehead atoms. The highest BCUT2D eigenvalue weighted by molar-refractivity contribution is 7.12. The van der Waals surface area contributed by atoms with Gasteiger partial charge in [0.2, 0.25) is 5.78 Å². The van der Waals surface area contributed by atoms with E-state index in [1.807, 2.05) is 5.38 Å². The Morgan fingerprint density at radius 3 is 2.62 bits per heavy atom. The Hall–Kier alpha value is -2.81. The highest BCUT2D eigenvalue weighted by Gasteiger charge is 2.21. The van der Waals surface area contributed by atoms with Crippen LogP contribution in [0.3, 0.4) is 0 Å². The van der Waals surface area contributed by atoms with Crippen molar-refractivity contribution >= 4 is 22.9 Å². The van der Waals surface area contributed by atoms with Gasteiger partial charge in [0.15, 0.2) is 5.78 Å². The van der Waals surface area contributed by atoms with Gasteiger partial charge in [-0.25, -0.2) is 4.79 Å². The zero-order chi connectivity index (χ0) is 17.4. The molecule has 0 saturated heterocycles. The zero-order valence-corrected chi connectivity index (χ0v) is 14.2. The number of thiophene rings is 1. The van der Waals surface area contributed by atoms with Crippen molar-refractivity contribution in [2.24, 2.45) is 0 Å². The average Bonchev–Trinajstić information content (AvgIpc) is 3.20. The van der Waals surface area contributed by atoms with Crippen LogP contribution < -0.4 is 5.69 Å². The molecule has 3 aromatic heterocycles. The molecule has 1 N–H and O–H groups in total. The number of ketones is 2. The minimum absolute atomic E-state index is 0.110. The van der Waals surface area contributed by atoms with Gasteiger partial charge in [-0.15, -0.1) is 11.3 Å². The topological polar surface area (TPSA) is 103 Å². The molecule has 0 spiro atoms. The molecule has 0 unspecified atom stereocenters. The van der Waals surface area contributed by atoms with Gasteiger partial charge >= 0.3 is 5.69 Å². The van der Waals surface area contributed by atoms with Crippen LogP contribution in [0.2, 0.25) is 0 Å². The number of hydrogen-bond donors (Lipinski definition) is 1. The Morgan fingerprint density at radius 2 is 2.04 bits per heavy atom. The van der Waals surface area contributed by atoms with E-state index >= 15 is 0 Å². The smallest absolute Gasteiger partial charge is 0.355 e. The van der Waals surface area contributed by atoms with Gasteiger partial charge < -0.3 is 4.98 Å². The van der Waals surface area contributed by atoms with Gasteiger partial charge in [-0.2, -0.15) is 9.36 Å². The highest BCUT2D eigenvalue weighted by Crippen LogP contribution is 2.19. The van der Waals surface area contributed by atoms with Gasteiger partial charge in [0.25, 0.3) is 0 Å². The average molecular weight is 345 g/mol. The number of aromatic amines is 1. The summed E-state index contributed by atoms with van der Waals surface area (Å²) >= 11 is 1.35. The van der Waals surface area contributed by atoms with Crippen molar-refractivity contribution in [3.63, 3.8) is 0 Å². The molecule has 0 fully saturated rings. The molecule has 24 heavy (non-hydrogen) atoms. The summed E-state index contributed by atoms with van der Waals surface area (Å²) in [6, 6.07) is 3.54. The summed E-state index contributed by atoms with van der Waals surface area (Å²) in [6.07, 6.45) is 0. The van der Waals surface area contributed by atoms with Crippen LogP contribution in [-0.4, -0.2) is 36.3 Å². The maximum atomic E-state index is 12.5. The summed E-state index contributed by atoms with van der Waals surface area (Å²) in [4.78, 5) is 39.4. The first-order chi connectivity index (χ1) is 11.4. The fourth-order valence-electron chi connectivity index (χ4n) is 2.67. The van der Waals surface area contributed by atoms with Crippen LogP contribution in [-0.2, 0) is 6.54 Å². The van der Waals surface area contributed by atoms with E-state index in [0.717, 1.165) is 9.36 Å². The number of Topliss-reactive ketones (excluding diaryl/α,β-unsaturated/α-hetero) is 2. The van der Waals surface area contributed by atoms with Crippen LogP contribution in [0.5, 0.6) is 0 Å². The second kappa shape index (κ2) is 6.00. The third-order valence-electron chi connectivity index (χ3n) is 3.72. The lowest BCUT2D eigenvalue weighted by atomic mass is 10.1. The van der Waals surface area contributed by atoms with E-state index in [2.05, 4.69) is 15.4 Å². The monoisotopic (exact) mass is 345 g/mol. The third kappa shape index (κ3) is 2.62. The number of aryl methyl sites for hydroxylation is 1. The lowest BCUT2D eigenvalue weighted by Crippen LogP contribution is -2.27. The molecular formula is C15H15N5O3S. The molecule has 3 heterocycles. The van der Waals surface area contributed by atoms with Crippen LogP contribution in [0, 0.1) is 13.8 Å². The molecule has 8 nitrogen and oxygen atoms in total. The molecule has 0 aliphatic heterocycles. The lowest BCUT2D eigenvalue weighted by Gasteiger charge is -2.00. The van der Waals surface area contributed by atoms with Gasteiger partial charge in [-0.1, -0.05) is 0 Å². The minimum atomic E-state index is -0.487. The summed E-state index contributed by atoms with van der Waals surface area (Å²) in [6.45, 7) is 4.65. The van der Waals surface area contributed by atoms with E-state index in [-0.39, 0.29) is 18.1 Å². The minimum Gasteiger partial charge on any atom is -0.355 e. The van der Waals surface area contributed by atoms with Gasteiger partial charge in [0.1, 0.15) is 11.5 Å². The Labute approximate surface area is 140 Å². The van der Waals surface area contributed by atoms with E-state index in [1.165, 1.54) is 18.3 Å². The van der Waals surface area contributed by atoms with E-state index in [1.54, 1.807) is 26.0 Å². The number of rotatable bonds is 5. The first-order valence-corrected chi connectivity index (χ1v) is 8.08. The molecule has 0 aliphatic rings. The van der Waals surface area contributed by atoms with Crippen LogP contribution in [0.15, 0.2) is 22.3 Å². The Bertz CT molecular complexity index is 978.